The summed E-state index contributed by atoms with van der Waals surface area (Å²) in [5.74, 6) is 1.89. The molecule has 0 spiro atoms. The van der Waals surface area contributed by atoms with E-state index < -0.39 is 0 Å². The first kappa shape index (κ1) is 14.9. The molecule has 0 saturated heterocycles. The number of aryl methyl sites for hydroxylation is 1. The molecule has 0 amide bonds. The molecular formula is C16H24BrNO. The van der Waals surface area contributed by atoms with Crippen molar-refractivity contribution >= 4 is 15.9 Å². The zero-order valence-corrected chi connectivity index (χ0v) is 13.6. The van der Waals surface area contributed by atoms with Crippen molar-refractivity contribution in [2.45, 2.75) is 39.5 Å². The minimum atomic E-state index is 0.738. The van der Waals surface area contributed by atoms with Gasteiger partial charge in [-0.05, 0) is 61.5 Å². The monoisotopic (exact) mass is 325 g/mol. The smallest absolute Gasteiger partial charge is 0.125 e. The summed E-state index contributed by atoms with van der Waals surface area (Å²) >= 11 is 3.60. The Hall–Kier alpha value is -0.540. The fraction of sp³-hybridized carbons (Fsp3) is 0.625. The lowest BCUT2D eigenvalue weighted by Crippen LogP contribution is -2.20. The van der Waals surface area contributed by atoms with Crippen molar-refractivity contribution in [2.75, 3.05) is 19.7 Å². The molecule has 0 saturated carbocycles. The normalized spacial score (nSPS) is 13.7. The lowest BCUT2D eigenvalue weighted by Gasteiger charge is -2.10. The van der Waals surface area contributed by atoms with E-state index in [4.69, 9.17) is 4.74 Å². The lowest BCUT2D eigenvalue weighted by molar-refractivity contribution is 0.353. The second-order valence-electron chi connectivity index (χ2n) is 5.71. The third kappa shape index (κ3) is 4.50. The summed E-state index contributed by atoms with van der Waals surface area (Å²) in [5.41, 5.74) is 2.73. The second-order valence-corrected chi connectivity index (χ2v) is 6.62. The fourth-order valence-corrected chi connectivity index (χ4v) is 3.04. The van der Waals surface area contributed by atoms with Crippen molar-refractivity contribution in [3.05, 3.63) is 27.7 Å². The molecule has 2 nitrogen and oxygen atoms in total. The van der Waals surface area contributed by atoms with Gasteiger partial charge in [-0.25, -0.2) is 0 Å². The molecule has 3 heteroatoms. The highest BCUT2D eigenvalue weighted by molar-refractivity contribution is 9.10. The average Bonchev–Trinajstić information content (AvgIpc) is 2.80. The molecule has 2 rings (SSSR count). The maximum atomic E-state index is 5.76. The second kappa shape index (κ2) is 7.30. The zero-order chi connectivity index (χ0) is 13.7. The Morgan fingerprint density at radius 2 is 2.16 bits per heavy atom. The molecule has 0 unspecified atom stereocenters. The van der Waals surface area contributed by atoms with Crippen LogP contribution in [-0.2, 0) is 12.8 Å². The predicted octanol–water partition coefficient (Wildman–Crippen LogP) is 3.95. The summed E-state index contributed by atoms with van der Waals surface area (Å²) in [4.78, 5) is 0. The molecule has 0 aromatic heterocycles. The summed E-state index contributed by atoms with van der Waals surface area (Å²) in [6.45, 7) is 7.57. The largest absolute Gasteiger partial charge is 0.493 e. The van der Waals surface area contributed by atoms with Crippen molar-refractivity contribution < 1.29 is 4.74 Å². The number of unbranched alkanes of at least 4 members (excludes halogenated alkanes) is 1. The molecule has 1 N–H and O–H groups in total. The predicted molar refractivity (Wildman–Crippen MR) is 84.0 cm³/mol. The van der Waals surface area contributed by atoms with E-state index in [0.717, 1.165) is 44.2 Å². The van der Waals surface area contributed by atoms with E-state index in [2.05, 4.69) is 47.2 Å². The van der Waals surface area contributed by atoms with Crippen LogP contribution >= 0.6 is 15.9 Å². The zero-order valence-electron chi connectivity index (χ0n) is 12.0. The third-order valence-electron chi connectivity index (χ3n) is 3.43. The van der Waals surface area contributed by atoms with Crippen LogP contribution in [0.3, 0.4) is 0 Å². The molecule has 1 heterocycles. The van der Waals surface area contributed by atoms with Crippen LogP contribution in [0.1, 0.15) is 37.8 Å². The first-order valence-corrected chi connectivity index (χ1v) is 8.11. The van der Waals surface area contributed by atoms with E-state index in [1.54, 1.807) is 0 Å². The maximum Gasteiger partial charge on any atom is 0.125 e. The van der Waals surface area contributed by atoms with Gasteiger partial charge in [-0.2, -0.15) is 0 Å². The SMILES string of the molecule is CC(C)CNCCCCc1cc(Br)cc2c1OCC2. The lowest BCUT2D eigenvalue weighted by atomic mass is 10.0. The quantitative estimate of drug-likeness (QED) is 0.766. The van der Waals surface area contributed by atoms with Gasteiger partial charge in [0.1, 0.15) is 5.75 Å². The first-order chi connectivity index (χ1) is 9.16. The van der Waals surface area contributed by atoms with Gasteiger partial charge >= 0.3 is 0 Å². The summed E-state index contributed by atoms with van der Waals surface area (Å²) in [6.07, 6.45) is 4.62. The topological polar surface area (TPSA) is 21.3 Å². The van der Waals surface area contributed by atoms with Crippen LogP contribution in [0.15, 0.2) is 16.6 Å². The van der Waals surface area contributed by atoms with Gasteiger partial charge < -0.3 is 10.1 Å². The molecule has 0 atom stereocenters. The van der Waals surface area contributed by atoms with E-state index in [0.29, 0.717) is 0 Å². The summed E-state index contributed by atoms with van der Waals surface area (Å²) in [7, 11) is 0. The summed E-state index contributed by atoms with van der Waals surface area (Å²) < 4.78 is 6.94. The van der Waals surface area contributed by atoms with Crippen LogP contribution in [0.5, 0.6) is 5.75 Å². The van der Waals surface area contributed by atoms with Gasteiger partial charge in [-0.1, -0.05) is 29.8 Å². The van der Waals surface area contributed by atoms with Crippen LogP contribution in [0.4, 0.5) is 0 Å². The van der Waals surface area contributed by atoms with Gasteiger partial charge in [-0.3, -0.25) is 0 Å². The van der Waals surface area contributed by atoms with Gasteiger partial charge in [0.15, 0.2) is 0 Å². The van der Waals surface area contributed by atoms with E-state index in [9.17, 15) is 0 Å². The van der Waals surface area contributed by atoms with Gasteiger partial charge in [0.25, 0.3) is 0 Å². The number of hydrogen-bond donors (Lipinski definition) is 1. The van der Waals surface area contributed by atoms with E-state index in [1.165, 1.54) is 28.4 Å². The number of ether oxygens (including phenoxy) is 1. The fourth-order valence-electron chi connectivity index (χ4n) is 2.49. The van der Waals surface area contributed by atoms with E-state index >= 15 is 0 Å². The Labute approximate surface area is 125 Å². The molecule has 1 aromatic rings. The van der Waals surface area contributed by atoms with Crippen molar-refractivity contribution in [2.24, 2.45) is 5.92 Å². The van der Waals surface area contributed by atoms with Crippen LogP contribution in [0.25, 0.3) is 0 Å². The molecule has 106 valence electrons. The number of benzene rings is 1. The number of rotatable bonds is 7. The molecule has 19 heavy (non-hydrogen) atoms. The van der Waals surface area contributed by atoms with Crippen molar-refractivity contribution in [3.63, 3.8) is 0 Å². The average molecular weight is 326 g/mol. The number of hydrogen-bond acceptors (Lipinski definition) is 2. The van der Waals surface area contributed by atoms with Gasteiger partial charge in [0.05, 0.1) is 6.61 Å². The van der Waals surface area contributed by atoms with Gasteiger partial charge in [-0.15, -0.1) is 0 Å². The van der Waals surface area contributed by atoms with Crippen molar-refractivity contribution in [1.29, 1.82) is 0 Å². The standard InChI is InChI=1S/C16H24BrNO/c1-12(2)11-18-7-4-3-5-13-9-15(17)10-14-6-8-19-16(13)14/h9-10,12,18H,3-8,11H2,1-2H3. The molecule has 1 aromatic carbocycles. The molecular weight excluding hydrogens is 302 g/mol. The van der Waals surface area contributed by atoms with Crippen LogP contribution in [-0.4, -0.2) is 19.7 Å². The number of fused-ring (bicyclic) bond motifs is 1. The molecule has 1 aliphatic rings. The minimum Gasteiger partial charge on any atom is -0.493 e. The van der Waals surface area contributed by atoms with Gasteiger partial charge in [0, 0.05) is 10.9 Å². The molecule has 0 bridgehead atoms. The Balaban J connectivity index is 1.77. The molecule has 0 radical (unpaired) electrons. The highest BCUT2D eigenvalue weighted by Gasteiger charge is 2.16. The Kier molecular flexibility index (Phi) is 5.71. The van der Waals surface area contributed by atoms with Gasteiger partial charge in [0.2, 0.25) is 0 Å². The van der Waals surface area contributed by atoms with E-state index in [-0.39, 0.29) is 0 Å². The highest BCUT2D eigenvalue weighted by Crippen LogP contribution is 2.33. The van der Waals surface area contributed by atoms with Crippen molar-refractivity contribution in [1.82, 2.24) is 5.32 Å². The first-order valence-electron chi connectivity index (χ1n) is 7.31. The molecule has 0 fully saturated rings. The Morgan fingerprint density at radius 1 is 1.32 bits per heavy atom. The third-order valence-corrected chi connectivity index (χ3v) is 3.89. The number of halogens is 1. The van der Waals surface area contributed by atoms with Crippen LogP contribution in [0, 0.1) is 5.92 Å². The molecule has 1 aliphatic heterocycles. The summed E-state index contributed by atoms with van der Waals surface area (Å²) in [6, 6.07) is 4.40. The van der Waals surface area contributed by atoms with E-state index in [1.807, 2.05) is 0 Å². The molecule has 0 aliphatic carbocycles. The highest BCUT2D eigenvalue weighted by atomic mass is 79.9. The summed E-state index contributed by atoms with van der Waals surface area (Å²) in [5, 5.41) is 3.49. The Morgan fingerprint density at radius 3 is 2.95 bits per heavy atom. The van der Waals surface area contributed by atoms with Crippen LogP contribution < -0.4 is 10.1 Å². The van der Waals surface area contributed by atoms with Crippen LogP contribution in [0.2, 0.25) is 0 Å². The minimum absolute atomic E-state index is 0.738. The maximum absolute atomic E-state index is 5.76. The van der Waals surface area contributed by atoms with Crippen molar-refractivity contribution in [3.8, 4) is 5.75 Å². The number of nitrogens with one attached hydrogen (secondary N) is 1. The Bertz CT molecular complexity index is 417.